The van der Waals surface area contributed by atoms with E-state index in [4.69, 9.17) is 15.3 Å². The first-order chi connectivity index (χ1) is 9.51. The van der Waals surface area contributed by atoms with Crippen LogP contribution in [0.5, 0.6) is 0 Å². The molecule has 0 fully saturated rings. The van der Waals surface area contributed by atoms with Crippen molar-refractivity contribution < 1.29 is 23.8 Å². The molecule has 7 heteroatoms. The first-order valence-corrected chi connectivity index (χ1v) is 5.79. The number of fused-ring (bicyclic) bond motifs is 1. The summed E-state index contributed by atoms with van der Waals surface area (Å²) in [5.74, 6) is -1.34. The Hall–Kier alpha value is -2.83. The van der Waals surface area contributed by atoms with Crippen LogP contribution in [-0.4, -0.2) is 29.6 Å². The number of nitrogens with zero attached hydrogens (tertiary/aromatic N) is 1. The molecule has 2 rings (SSSR count). The van der Waals surface area contributed by atoms with E-state index in [0.29, 0.717) is 16.5 Å². The Bertz CT molecular complexity index is 702. The number of carboxylic acids is 1. The lowest BCUT2D eigenvalue weighted by molar-refractivity contribution is 0.0665. The topological polar surface area (TPSA) is 115 Å². The number of aliphatic imine (C=N–C) groups is 1. The quantitative estimate of drug-likeness (QED) is 0.654. The molecule has 3 N–H and O–H groups in total. The Labute approximate surface area is 113 Å². The zero-order valence-corrected chi connectivity index (χ0v) is 10.6. The highest BCUT2D eigenvalue weighted by atomic mass is 16.5. The molecule has 0 atom stereocenters. The van der Waals surface area contributed by atoms with Gasteiger partial charge >= 0.3 is 12.1 Å². The van der Waals surface area contributed by atoms with Gasteiger partial charge in [-0.2, -0.15) is 4.99 Å². The summed E-state index contributed by atoms with van der Waals surface area (Å²) in [5.41, 5.74) is 6.57. The number of furan rings is 1. The van der Waals surface area contributed by atoms with E-state index in [0.717, 1.165) is 0 Å². The number of hydrogen-bond donors (Lipinski definition) is 2. The number of benzene rings is 1. The van der Waals surface area contributed by atoms with Gasteiger partial charge < -0.3 is 20.0 Å². The second kappa shape index (κ2) is 5.43. The van der Waals surface area contributed by atoms with Gasteiger partial charge in [0.05, 0.1) is 6.61 Å². The Morgan fingerprint density at radius 2 is 2.15 bits per heavy atom. The average molecular weight is 276 g/mol. The van der Waals surface area contributed by atoms with E-state index in [2.05, 4.69) is 9.73 Å². The summed E-state index contributed by atoms with van der Waals surface area (Å²) in [6.07, 6.45) is -0.775. The van der Waals surface area contributed by atoms with Crippen molar-refractivity contribution in [2.75, 3.05) is 6.61 Å². The largest absolute Gasteiger partial charge is 0.475 e. The van der Waals surface area contributed by atoms with Gasteiger partial charge in [-0.15, -0.1) is 0 Å². The Kier molecular flexibility index (Phi) is 3.69. The molecule has 0 aliphatic rings. The third-order valence-corrected chi connectivity index (χ3v) is 2.50. The van der Waals surface area contributed by atoms with Gasteiger partial charge in [-0.05, 0) is 31.2 Å². The van der Waals surface area contributed by atoms with Gasteiger partial charge in [0.15, 0.2) is 0 Å². The number of aromatic carboxylic acids is 1. The van der Waals surface area contributed by atoms with Gasteiger partial charge in [0.1, 0.15) is 11.4 Å². The van der Waals surface area contributed by atoms with Gasteiger partial charge in [-0.25, -0.2) is 9.59 Å². The normalized spacial score (nSPS) is 11.6. The van der Waals surface area contributed by atoms with Gasteiger partial charge in [0.25, 0.3) is 0 Å². The molecule has 0 aliphatic heterocycles. The summed E-state index contributed by atoms with van der Waals surface area (Å²) in [7, 11) is 0. The predicted molar refractivity (Wildman–Crippen MR) is 70.9 cm³/mol. The molecule has 1 aromatic heterocycles. The number of ether oxygens (including phenoxy) is 1. The monoisotopic (exact) mass is 276 g/mol. The summed E-state index contributed by atoms with van der Waals surface area (Å²) in [6.45, 7) is 1.87. The molecular weight excluding hydrogens is 264 g/mol. The molecule has 1 amide bonds. The summed E-state index contributed by atoms with van der Waals surface area (Å²) in [6, 6.07) is 6.10. The third kappa shape index (κ3) is 2.77. The minimum absolute atomic E-state index is 0.0107. The first-order valence-electron chi connectivity index (χ1n) is 5.79. The number of carbonyl (C=O) groups is 2. The SMILES string of the molecule is CCOC(=O)N=C(N)c1ccc2oc(C(=O)O)cc2c1. The third-order valence-electron chi connectivity index (χ3n) is 2.50. The van der Waals surface area contributed by atoms with Crippen LogP contribution in [-0.2, 0) is 4.74 Å². The highest BCUT2D eigenvalue weighted by molar-refractivity contribution is 6.05. The van der Waals surface area contributed by atoms with Crippen molar-refractivity contribution in [2.45, 2.75) is 6.92 Å². The Morgan fingerprint density at radius 3 is 2.80 bits per heavy atom. The first kappa shape index (κ1) is 13.6. The standard InChI is InChI=1S/C13H12N2O5/c1-2-19-13(18)15-11(14)7-3-4-9-8(5-7)6-10(20-9)12(16)17/h3-6H,2H2,1H3,(H,16,17)(H2,14,15,18). The maximum absolute atomic E-state index is 11.2. The number of carboxylic acid groups (broad SMARTS) is 1. The van der Waals surface area contributed by atoms with Crippen LogP contribution >= 0.6 is 0 Å². The zero-order valence-electron chi connectivity index (χ0n) is 10.6. The second-order valence-electron chi connectivity index (χ2n) is 3.86. The maximum Gasteiger partial charge on any atom is 0.435 e. The van der Waals surface area contributed by atoms with Crippen LogP contribution in [0.25, 0.3) is 11.0 Å². The van der Waals surface area contributed by atoms with E-state index in [1.807, 2.05) is 0 Å². The maximum atomic E-state index is 11.2. The zero-order chi connectivity index (χ0) is 14.7. The lowest BCUT2D eigenvalue weighted by Gasteiger charge is -2.00. The van der Waals surface area contributed by atoms with Gasteiger partial charge in [-0.3, -0.25) is 0 Å². The fourth-order valence-electron chi connectivity index (χ4n) is 1.63. The fraction of sp³-hybridized carbons (Fsp3) is 0.154. The molecule has 0 bridgehead atoms. The summed E-state index contributed by atoms with van der Waals surface area (Å²) < 4.78 is 9.77. The molecule has 0 saturated carbocycles. The van der Waals surface area contributed by atoms with Gasteiger partial charge in [0, 0.05) is 10.9 Å². The highest BCUT2D eigenvalue weighted by Gasteiger charge is 2.12. The van der Waals surface area contributed by atoms with E-state index >= 15 is 0 Å². The second-order valence-corrected chi connectivity index (χ2v) is 3.86. The number of rotatable bonds is 3. The van der Waals surface area contributed by atoms with Crippen molar-refractivity contribution in [2.24, 2.45) is 10.7 Å². The Balaban J connectivity index is 2.36. The molecule has 0 saturated heterocycles. The molecule has 20 heavy (non-hydrogen) atoms. The summed E-state index contributed by atoms with van der Waals surface area (Å²) in [4.78, 5) is 25.6. The van der Waals surface area contributed by atoms with E-state index in [1.165, 1.54) is 6.07 Å². The van der Waals surface area contributed by atoms with E-state index in [-0.39, 0.29) is 18.2 Å². The molecule has 0 aliphatic carbocycles. The average Bonchev–Trinajstić information content (AvgIpc) is 2.81. The number of amidine groups is 1. The van der Waals surface area contributed by atoms with Crippen LogP contribution in [0.3, 0.4) is 0 Å². The number of hydrogen-bond acceptors (Lipinski definition) is 4. The molecule has 0 spiro atoms. The number of amides is 1. The fourth-order valence-corrected chi connectivity index (χ4v) is 1.63. The number of carbonyl (C=O) groups excluding carboxylic acids is 1. The smallest absolute Gasteiger partial charge is 0.435 e. The molecule has 7 nitrogen and oxygen atoms in total. The summed E-state index contributed by atoms with van der Waals surface area (Å²) >= 11 is 0. The Morgan fingerprint density at radius 1 is 1.40 bits per heavy atom. The van der Waals surface area contributed by atoms with Crippen molar-refractivity contribution in [3.8, 4) is 0 Å². The van der Waals surface area contributed by atoms with Crippen molar-refractivity contribution >= 4 is 28.9 Å². The van der Waals surface area contributed by atoms with Gasteiger partial charge in [0.2, 0.25) is 5.76 Å². The van der Waals surface area contributed by atoms with Crippen molar-refractivity contribution in [1.82, 2.24) is 0 Å². The molecule has 1 heterocycles. The highest BCUT2D eigenvalue weighted by Crippen LogP contribution is 2.20. The van der Waals surface area contributed by atoms with Crippen molar-refractivity contribution in [1.29, 1.82) is 0 Å². The minimum atomic E-state index is -1.16. The van der Waals surface area contributed by atoms with E-state index < -0.39 is 12.1 Å². The molecule has 0 unspecified atom stereocenters. The lowest BCUT2D eigenvalue weighted by Crippen LogP contribution is -2.16. The van der Waals surface area contributed by atoms with E-state index in [9.17, 15) is 9.59 Å². The molecule has 0 radical (unpaired) electrons. The van der Waals surface area contributed by atoms with Crippen LogP contribution in [0.15, 0.2) is 33.7 Å². The van der Waals surface area contributed by atoms with Crippen LogP contribution in [0.2, 0.25) is 0 Å². The van der Waals surface area contributed by atoms with Crippen LogP contribution in [0.1, 0.15) is 23.0 Å². The van der Waals surface area contributed by atoms with Crippen molar-refractivity contribution in [3.05, 3.63) is 35.6 Å². The lowest BCUT2D eigenvalue weighted by atomic mass is 10.1. The summed E-state index contributed by atoms with van der Waals surface area (Å²) in [5, 5.41) is 9.40. The predicted octanol–water partition coefficient (Wildman–Crippen LogP) is 1.99. The molecule has 104 valence electrons. The van der Waals surface area contributed by atoms with Crippen LogP contribution in [0, 0.1) is 0 Å². The van der Waals surface area contributed by atoms with Crippen LogP contribution in [0.4, 0.5) is 4.79 Å². The minimum Gasteiger partial charge on any atom is -0.475 e. The van der Waals surface area contributed by atoms with E-state index in [1.54, 1.807) is 25.1 Å². The molecular formula is C13H12N2O5. The van der Waals surface area contributed by atoms with Crippen molar-refractivity contribution in [3.63, 3.8) is 0 Å². The molecule has 1 aromatic carbocycles. The van der Waals surface area contributed by atoms with Gasteiger partial charge in [-0.1, -0.05) is 0 Å². The molecule has 2 aromatic rings. The van der Waals surface area contributed by atoms with Crippen LogP contribution < -0.4 is 5.73 Å². The number of nitrogens with two attached hydrogens (primary N) is 1.